The largest absolute Gasteiger partial charge is 0.501 e. The van der Waals surface area contributed by atoms with E-state index in [4.69, 9.17) is 27.9 Å². The average Bonchev–Trinajstić information content (AvgIpc) is 0.764. The topological polar surface area (TPSA) is 170 Å². The number of amides is 1. The first kappa shape index (κ1) is 94.9. The van der Waals surface area contributed by atoms with E-state index >= 15 is 0 Å². The molecule has 3 N–H and O–H groups in total. The molecular formula is C99H123Cl2F3N10O7S4. The Kier molecular flexibility index (Phi) is 33.8. The van der Waals surface area contributed by atoms with Crippen molar-refractivity contribution >= 4 is 112 Å². The number of alkyl halides is 3. The number of morpholine rings is 1. The third-order valence-electron chi connectivity index (χ3n) is 25.8. The molecule has 1 amide bonds. The number of halogens is 5. The van der Waals surface area contributed by atoms with Crippen LogP contribution < -0.4 is 25.8 Å². The molecule has 670 valence electrons. The van der Waals surface area contributed by atoms with E-state index in [2.05, 4.69) is 177 Å². The first-order valence-corrected chi connectivity index (χ1v) is 50.3. The lowest BCUT2D eigenvalue weighted by Crippen LogP contribution is -2.48. The highest BCUT2D eigenvalue weighted by Crippen LogP contribution is 2.48. The van der Waals surface area contributed by atoms with Crippen LogP contribution in [0.5, 0.6) is 0 Å². The molecule has 8 aromatic rings. The van der Waals surface area contributed by atoms with Gasteiger partial charge >= 0.3 is 5.51 Å². The maximum absolute atomic E-state index is 14.2. The van der Waals surface area contributed by atoms with Gasteiger partial charge in [0.05, 0.1) is 23.8 Å². The van der Waals surface area contributed by atoms with Crippen molar-refractivity contribution in [1.29, 1.82) is 0 Å². The van der Waals surface area contributed by atoms with E-state index < -0.39 is 52.6 Å². The number of carbonyl (C=O) groups is 2. The molecule has 14 rings (SSSR count). The zero-order valence-electron chi connectivity index (χ0n) is 73.1. The molecule has 0 saturated carbocycles. The number of allylic oxidation sites excluding steroid dienone is 1. The molecule has 1 aliphatic carbocycles. The van der Waals surface area contributed by atoms with Gasteiger partial charge in [-0.05, 0) is 257 Å². The number of piperidine rings is 1. The lowest BCUT2D eigenvalue weighted by atomic mass is 9.66. The molecule has 8 aromatic carbocycles. The van der Waals surface area contributed by atoms with Crippen LogP contribution in [0.2, 0.25) is 10.0 Å². The number of ether oxygens (including phenoxy) is 1. The number of aryl methyl sites for hydroxylation is 1. The second kappa shape index (κ2) is 44.6. The molecular weight excluding hydrogens is 1700 g/mol. The summed E-state index contributed by atoms with van der Waals surface area (Å²) >= 11 is 15.9. The predicted octanol–water partition coefficient (Wildman–Crippen LogP) is 19.7. The fourth-order valence-electron chi connectivity index (χ4n) is 17.6. The monoisotopic (exact) mass is 1820 g/mol. The predicted molar refractivity (Wildman–Crippen MR) is 509 cm³/mol. The van der Waals surface area contributed by atoms with Crippen LogP contribution in [-0.2, 0) is 31.0 Å². The van der Waals surface area contributed by atoms with Gasteiger partial charge in [0.1, 0.15) is 10.6 Å². The number of piperazine rings is 2. The summed E-state index contributed by atoms with van der Waals surface area (Å²) in [4.78, 5) is 44.1. The van der Waals surface area contributed by atoms with Gasteiger partial charge in [0.25, 0.3) is 15.7 Å². The summed E-state index contributed by atoms with van der Waals surface area (Å²) in [5.74, 6) is 0.169. The van der Waals surface area contributed by atoms with Gasteiger partial charge in [0, 0.05) is 189 Å². The molecule has 3 atom stereocenters. The minimum Gasteiger partial charge on any atom is -0.381 e. The summed E-state index contributed by atoms with van der Waals surface area (Å²) in [6.07, 6.45) is 10.1. The maximum atomic E-state index is 14.2. The number of carbonyl (C=O) groups excluding carboxylic acids is 2. The van der Waals surface area contributed by atoms with E-state index in [0.717, 1.165) is 150 Å². The summed E-state index contributed by atoms with van der Waals surface area (Å²) < 4.78 is 102. The van der Waals surface area contributed by atoms with E-state index in [0.29, 0.717) is 91.6 Å². The Labute approximate surface area is 758 Å². The molecule has 26 heteroatoms. The Hall–Kier alpha value is -7.69. The third-order valence-corrected chi connectivity index (χ3v) is 31.8. The van der Waals surface area contributed by atoms with Crippen LogP contribution in [0.1, 0.15) is 135 Å². The number of sulfone groups is 2. The van der Waals surface area contributed by atoms with Crippen molar-refractivity contribution in [2.45, 2.75) is 149 Å². The Morgan fingerprint density at radius 1 is 0.544 bits per heavy atom. The van der Waals surface area contributed by atoms with Gasteiger partial charge in [-0.15, -0.1) is 23.5 Å². The normalized spacial score (nSPS) is 18.8. The third kappa shape index (κ3) is 26.5. The van der Waals surface area contributed by atoms with Gasteiger partial charge in [-0.1, -0.05) is 129 Å². The van der Waals surface area contributed by atoms with Crippen LogP contribution in [0.4, 0.5) is 35.9 Å². The van der Waals surface area contributed by atoms with Crippen molar-refractivity contribution in [2.75, 3.05) is 169 Å². The van der Waals surface area contributed by atoms with E-state index in [1.807, 2.05) is 78.5 Å². The number of anilines is 4. The smallest absolute Gasteiger partial charge is 0.381 e. The number of nitrogens with zero attached hydrogens (tertiary/aromatic N) is 7. The highest BCUT2D eigenvalue weighted by molar-refractivity contribution is 7.99. The second-order valence-electron chi connectivity index (χ2n) is 35.1. The van der Waals surface area contributed by atoms with Crippen molar-refractivity contribution in [3.63, 3.8) is 0 Å². The fourth-order valence-corrected chi connectivity index (χ4v) is 22.1. The Morgan fingerprint density at radius 3 is 1.57 bits per heavy atom. The standard InChI is InChI=1S/C51H66ClN5OS.C48H57ClF3N5O6S3/c1-38(2)51(4)25-23-48(41-14-18-44(52)19-15-41)43(34-51)36-56-29-31-57(32-30-56)46-20-16-42(17-21-46)50(58)53-35-40-13-22-49(39(3)33-40)54-45(24-28-55-26-9-6-10-27-55)37-59-47-11-7-5-8-12-47;1-35(2)57-21-19-44(36-8-12-39(49)13-9-36)38(32-57)31-55-22-24-56(25-23-55)41-14-10-37(11-15-41)46(58)34-65(59,60)43-16-17-45(47(30-43)66(61,62)48(50,51)52)53-40(18-20-54-26-28-63-29-27-54)33-64-42-6-4-3-5-7-42/h5,7-8,11-22,33,38,45,54H,6,9-10,23-32,34-37H2,1-4H3,(H,53,58);3-17,30,35,40,53H,18-29,31-34H2,1-2H3/t45-,51?;40-/m11/s1. The van der Waals surface area contributed by atoms with Gasteiger partial charge in [-0.25, -0.2) is 16.8 Å². The zero-order chi connectivity index (χ0) is 88.3. The number of hydrogen-bond acceptors (Lipinski definition) is 18. The van der Waals surface area contributed by atoms with E-state index in [1.54, 1.807) is 29.8 Å². The lowest BCUT2D eigenvalue weighted by molar-refractivity contribution is -0.0436. The molecule has 4 saturated heterocycles. The molecule has 4 fully saturated rings. The zero-order valence-corrected chi connectivity index (χ0v) is 77.9. The Balaban J connectivity index is 0.000000216. The highest BCUT2D eigenvalue weighted by Gasteiger charge is 2.49. The van der Waals surface area contributed by atoms with Crippen molar-refractivity contribution in [3.8, 4) is 0 Å². The molecule has 125 heavy (non-hydrogen) atoms. The maximum Gasteiger partial charge on any atom is 0.501 e. The molecule has 1 unspecified atom stereocenters. The van der Waals surface area contributed by atoms with Crippen LogP contribution in [0.3, 0.4) is 0 Å². The fraction of sp³-hybridized carbons (Fsp3) is 0.455. The van der Waals surface area contributed by atoms with E-state index in [-0.39, 0.29) is 17.2 Å². The van der Waals surface area contributed by atoms with Crippen LogP contribution in [0.25, 0.3) is 11.1 Å². The molecule has 0 bridgehead atoms. The number of benzene rings is 8. The van der Waals surface area contributed by atoms with Crippen LogP contribution in [-0.4, -0.2) is 225 Å². The second-order valence-corrected chi connectivity index (χ2v) is 42.0. The highest BCUT2D eigenvalue weighted by atomic mass is 35.5. The molecule has 6 aliphatic rings. The summed E-state index contributed by atoms with van der Waals surface area (Å²) in [6, 6.07) is 60.9. The van der Waals surface area contributed by atoms with Crippen LogP contribution in [0, 0.1) is 18.3 Å². The Morgan fingerprint density at radius 2 is 1.05 bits per heavy atom. The SMILES string of the molecule is CC(C)N1CCC(c2ccc(Cl)cc2)=C(CN2CCN(c3ccc(C(=O)CS(=O)(=O)c4ccc(N[C@H](CCN5CCOCC5)CSc5ccccc5)c(S(=O)(=O)C(F)(F)F)c4)cc3)CC2)C1.Cc1cc(CNC(=O)c2ccc(N3CCN(CC4=C(c5ccc(Cl)cc5)CCC(C)(C(C)C)C4)CC3)cc2)ccc1N[C@H](CCN1CCCCC1)CSc1ccccc1. The number of Topliss-reactive ketones (excluding diaryl/α,β-unsaturated/α-hetero) is 1. The summed E-state index contributed by atoms with van der Waals surface area (Å²) in [5, 5.41) is 11.6. The van der Waals surface area contributed by atoms with Crippen LogP contribution >= 0.6 is 46.7 Å². The first-order chi connectivity index (χ1) is 60.1. The molecule has 17 nitrogen and oxygen atoms in total. The van der Waals surface area contributed by atoms with Gasteiger partial charge < -0.3 is 35.4 Å². The van der Waals surface area contributed by atoms with Gasteiger partial charge in [0.15, 0.2) is 15.6 Å². The number of thioether (sulfide) groups is 2. The Bertz CT molecular complexity index is 5170. The quantitative estimate of drug-likeness (QED) is 0.0257. The minimum absolute atomic E-state index is 0.0393. The van der Waals surface area contributed by atoms with Crippen molar-refractivity contribution in [1.82, 2.24) is 29.8 Å². The number of likely N-dealkylation sites (tertiary alicyclic amines) is 1. The summed E-state index contributed by atoms with van der Waals surface area (Å²) in [5.41, 5.74) is 9.03. The van der Waals surface area contributed by atoms with E-state index in [1.165, 1.54) is 100 Å². The number of hydrogen-bond donors (Lipinski definition) is 3. The van der Waals surface area contributed by atoms with E-state index in [9.17, 15) is 39.6 Å². The average molecular weight is 1820 g/mol. The van der Waals surface area contributed by atoms with Crippen LogP contribution in [0.15, 0.2) is 225 Å². The van der Waals surface area contributed by atoms with Crippen molar-refractivity contribution in [3.05, 3.63) is 249 Å². The summed E-state index contributed by atoms with van der Waals surface area (Å²) in [6.45, 7) is 31.9. The molecule has 5 aliphatic heterocycles. The molecule has 0 aromatic heterocycles. The molecule has 5 heterocycles. The van der Waals surface area contributed by atoms with Crippen molar-refractivity contribution < 1.29 is 44.3 Å². The van der Waals surface area contributed by atoms with Gasteiger partial charge in [-0.2, -0.15) is 13.2 Å². The lowest BCUT2D eigenvalue weighted by Gasteiger charge is -2.42. The van der Waals surface area contributed by atoms with Gasteiger partial charge in [-0.3, -0.25) is 29.2 Å². The minimum atomic E-state index is -6.03. The van der Waals surface area contributed by atoms with Gasteiger partial charge in [0.2, 0.25) is 0 Å². The molecule has 0 radical (unpaired) electrons. The number of ketones is 1. The molecule has 0 spiro atoms. The number of rotatable bonds is 34. The number of nitrogens with one attached hydrogen (secondary N) is 3. The van der Waals surface area contributed by atoms with Crippen molar-refractivity contribution in [2.24, 2.45) is 11.3 Å². The summed E-state index contributed by atoms with van der Waals surface area (Å²) in [7, 11) is -10.6. The first-order valence-electron chi connectivity index (χ1n) is 44.4.